The van der Waals surface area contributed by atoms with E-state index in [9.17, 15) is 14.0 Å². The molecule has 25 heavy (non-hydrogen) atoms. The molecule has 2 aliphatic rings. The summed E-state index contributed by atoms with van der Waals surface area (Å²) in [5, 5.41) is 0. The molecule has 1 fully saturated rings. The minimum Gasteiger partial charge on any atom is -0.444 e. The topological polar surface area (TPSA) is 55.8 Å². The van der Waals surface area contributed by atoms with Crippen LogP contribution in [0.3, 0.4) is 0 Å². The Kier molecular flexibility index (Phi) is 4.64. The lowest BCUT2D eigenvalue weighted by molar-refractivity contribution is -0.0510. The first-order valence-corrected chi connectivity index (χ1v) is 8.33. The number of benzene rings is 1. The van der Waals surface area contributed by atoms with Crippen molar-refractivity contribution in [2.24, 2.45) is 0 Å². The predicted octanol–water partition coefficient (Wildman–Crippen LogP) is 3.43. The first-order chi connectivity index (χ1) is 11.8. The maximum atomic E-state index is 13.7. The van der Waals surface area contributed by atoms with Gasteiger partial charge in [0.1, 0.15) is 11.4 Å². The second-order valence-electron chi connectivity index (χ2n) is 7.39. The molecule has 0 saturated carbocycles. The van der Waals surface area contributed by atoms with E-state index in [1.54, 1.807) is 4.90 Å². The number of carbonyl (C=O) groups is 2. The van der Waals surface area contributed by atoms with Crippen LogP contribution in [0.4, 0.5) is 9.18 Å². The minimum atomic E-state index is -0.580. The largest absolute Gasteiger partial charge is 0.444 e. The van der Waals surface area contributed by atoms with Gasteiger partial charge in [-0.1, -0.05) is 6.08 Å². The molecule has 2 heterocycles. The maximum Gasteiger partial charge on any atom is 0.411 e. The van der Waals surface area contributed by atoms with E-state index in [-0.39, 0.29) is 18.2 Å². The summed E-state index contributed by atoms with van der Waals surface area (Å²) in [6.45, 7) is 6.21. The lowest BCUT2D eigenvalue weighted by Crippen LogP contribution is -2.57. The Morgan fingerprint density at radius 3 is 2.76 bits per heavy atom. The van der Waals surface area contributed by atoms with Gasteiger partial charge in [0.25, 0.3) is 0 Å². The summed E-state index contributed by atoms with van der Waals surface area (Å²) in [6, 6.07) is 3.63. The summed E-state index contributed by atoms with van der Waals surface area (Å²) >= 11 is 0. The van der Waals surface area contributed by atoms with Gasteiger partial charge in [-0.2, -0.15) is 0 Å². The van der Waals surface area contributed by atoms with Gasteiger partial charge < -0.3 is 9.47 Å². The fourth-order valence-corrected chi connectivity index (χ4v) is 3.30. The van der Waals surface area contributed by atoms with Crippen molar-refractivity contribution in [3.05, 3.63) is 41.2 Å². The van der Waals surface area contributed by atoms with Gasteiger partial charge in [-0.3, -0.25) is 9.69 Å². The average molecular weight is 347 g/mol. The summed E-state index contributed by atoms with van der Waals surface area (Å²) in [5.74, 6) is -0.391. The maximum absolute atomic E-state index is 13.7. The number of morpholine rings is 1. The second-order valence-corrected chi connectivity index (χ2v) is 7.39. The number of amides is 1. The third-order valence-electron chi connectivity index (χ3n) is 4.29. The van der Waals surface area contributed by atoms with Crippen LogP contribution >= 0.6 is 0 Å². The number of carbonyl (C=O) groups excluding carboxylic acids is 2. The Hall–Kier alpha value is -2.21. The zero-order chi connectivity index (χ0) is 18.2. The van der Waals surface area contributed by atoms with E-state index in [4.69, 9.17) is 9.47 Å². The molecule has 0 spiro atoms. The van der Waals surface area contributed by atoms with Gasteiger partial charge in [-0.15, -0.1) is 0 Å². The van der Waals surface area contributed by atoms with Crippen molar-refractivity contribution in [1.82, 2.24) is 4.90 Å². The molecule has 134 valence electrons. The van der Waals surface area contributed by atoms with Gasteiger partial charge in [0.2, 0.25) is 0 Å². The number of hydrogen-bond acceptors (Lipinski definition) is 4. The highest BCUT2D eigenvalue weighted by Crippen LogP contribution is 2.34. The van der Waals surface area contributed by atoms with Gasteiger partial charge in [-0.05, 0) is 56.5 Å². The van der Waals surface area contributed by atoms with Crippen LogP contribution in [0.25, 0.3) is 5.57 Å². The number of ether oxygens (including phenoxy) is 2. The number of fused-ring (bicyclic) bond motifs is 2. The molecule has 0 aromatic heterocycles. The first kappa shape index (κ1) is 17.6. The van der Waals surface area contributed by atoms with Crippen LogP contribution in [0.1, 0.15) is 43.1 Å². The molecule has 2 bridgehead atoms. The van der Waals surface area contributed by atoms with Crippen molar-refractivity contribution in [1.29, 1.82) is 0 Å². The SMILES string of the molecule is CC(C)(C)OC(=O)N1C2C=C(c3cc(F)ccc3C=O)CC1COC2. The molecule has 6 heteroatoms. The smallest absolute Gasteiger partial charge is 0.411 e. The third kappa shape index (κ3) is 3.74. The summed E-state index contributed by atoms with van der Waals surface area (Å²) < 4.78 is 24.7. The van der Waals surface area contributed by atoms with Crippen LogP contribution in [0.15, 0.2) is 24.3 Å². The highest BCUT2D eigenvalue weighted by atomic mass is 19.1. The summed E-state index contributed by atoms with van der Waals surface area (Å²) in [4.78, 5) is 25.5. The highest BCUT2D eigenvalue weighted by Gasteiger charge is 2.40. The van der Waals surface area contributed by atoms with Crippen molar-refractivity contribution < 1.29 is 23.5 Å². The molecular weight excluding hydrogens is 325 g/mol. The third-order valence-corrected chi connectivity index (χ3v) is 4.29. The van der Waals surface area contributed by atoms with Crippen molar-refractivity contribution in [2.75, 3.05) is 13.2 Å². The summed E-state index contributed by atoms with van der Waals surface area (Å²) in [5.41, 5.74) is 1.30. The first-order valence-electron chi connectivity index (χ1n) is 8.33. The average Bonchev–Trinajstić information content (AvgIpc) is 2.51. The van der Waals surface area contributed by atoms with Crippen molar-refractivity contribution in [3.63, 3.8) is 0 Å². The Balaban J connectivity index is 1.93. The van der Waals surface area contributed by atoms with Gasteiger partial charge in [0.15, 0.2) is 6.29 Å². The number of aldehydes is 1. The number of hydrogen-bond donors (Lipinski definition) is 0. The van der Waals surface area contributed by atoms with Crippen molar-refractivity contribution in [3.8, 4) is 0 Å². The van der Waals surface area contributed by atoms with Crippen LogP contribution in [-0.2, 0) is 9.47 Å². The molecule has 1 saturated heterocycles. The fraction of sp³-hybridized carbons (Fsp3) is 0.474. The molecule has 3 rings (SSSR count). The molecule has 2 unspecified atom stereocenters. The number of halogens is 1. The van der Waals surface area contributed by atoms with Crippen LogP contribution in [0, 0.1) is 5.82 Å². The summed E-state index contributed by atoms with van der Waals surface area (Å²) in [6.07, 6.45) is 2.71. The Bertz CT molecular complexity index is 723. The van der Waals surface area contributed by atoms with Crippen LogP contribution in [0.2, 0.25) is 0 Å². The van der Waals surface area contributed by atoms with E-state index < -0.39 is 11.4 Å². The van der Waals surface area contributed by atoms with Crippen molar-refractivity contribution in [2.45, 2.75) is 44.9 Å². The molecule has 0 N–H and O–H groups in total. The molecule has 1 aromatic rings. The van der Waals surface area contributed by atoms with E-state index in [2.05, 4.69) is 0 Å². The van der Waals surface area contributed by atoms with Crippen molar-refractivity contribution >= 4 is 18.0 Å². The van der Waals surface area contributed by atoms with Gasteiger partial charge in [0, 0.05) is 5.56 Å². The Labute approximate surface area is 146 Å². The number of rotatable bonds is 2. The minimum absolute atomic E-state index is 0.198. The van der Waals surface area contributed by atoms with E-state index in [1.807, 2.05) is 26.8 Å². The molecular formula is C19H22FNO4. The molecule has 1 amide bonds. The summed E-state index contributed by atoms with van der Waals surface area (Å²) in [7, 11) is 0. The zero-order valence-electron chi connectivity index (χ0n) is 14.6. The van der Waals surface area contributed by atoms with Crippen LogP contribution < -0.4 is 0 Å². The van der Waals surface area contributed by atoms with E-state index in [1.165, 1.54) is 18.2 Å². The van der Waals surface area contributed by atoms with Crippen LogP contribution in [0.5, 0.6) is 0 Å². The van der Waals surface area contributed by atoms with Gasteiger partial charge >= 0.3 is 6.09 Å². The zero-order valence-corrected chi connectivity index (χ0v) is 14.6. The Morgan fingerprint density at radius 2 is 2.12 bits per heavy atom. The van der Waals surface area contributed by atoms with E-state index in [0.717, 1.165) is 11.9 Å². The fourth-order valence-electron chi connectivity index (χ4n) is 3.30. The van der Waals surface area contributed by atoms with Gasteiger partial charge in [-0.25, -0.2) is 9.18 Å². The van der Waals surface area contributed by atoms with E-state index in [0.29, 0.717) is 30.8 Å². The number of nitrogens with zero attached hydrogens (tertiary/aromatic N) is 1. The highest BCUT2D eigenvalue weighted by molar-refractivity contribution is 5.86. The lowest BCUT2D eigenvalue weighted by Gasteiger charge is -2.44. The molecule has 2 aliphatic heterocycles. The molecule has 2 atom stereocenters. The molecule has 5 nitrogen and oxygen atoms in total. The normalized spacial score (nSPS) is 23.0. The lowest BCUT2D eigenvalue weighted by atomic mass is 9.88. The molecule has 1 aromatic carbocycles. The predicted molar refractivity (Wildman–Crippen MR) is 90.8 cm³/mol. The van der Waals surface area contributed by atoms with E-state index >= 15 is 0 Å². The standard InChI is InChI=1S/C19H22FNO4/c1-19(2,3)25-18(23)21-15-6-13(7-16(21)11-24-10-15)17-8-14(20)5-4-12(17)9-22/h4-6,8-9,15-16H,7,10-11H2,1-3H3. The Morgan fingerprint density at radius 1 is 1.36 bits per heavy atom. The molecule has 0 aliphatic carbocycles. The second kappa shape index (κ2) is 6.59. The molecule has 0 radical (unpaired) electrons. The monoisotopic (exact) mass is 347 g/mol. The van der Waals surface area contributed by atoms with Gasteiger partial charge in [0.05, 0.1) is 25.3 Å². The van der Waals surface area contributed by atoms with Crippen LogP contribution in [-0.4, -0.2) is 48.2 Å². The quantitative estimate of drug-likeness (QED) is 0.769.